The first kappa shape index (κ1) is 23.3. The Bertz CT molecular complexity index is 469. The van der Waals surface area contributed by atoms with E-state index in [0.29, 0.717) is 16.6 Å². The van der Waals surface area contributed by atoms with E-state index in [4.69, 9.17) is 37.1 Å². The van der Waals surface area contributed by atoms with Crippen molar-refractivity contribution in [2.75, 3.05) is 0 Å². The number of amides is 1. The molecule has 9 heteroatoms. The minimum atomic E-state index is -0.619. The van der Waals surface area contributed by atoms with Crippen molar-refractivity contribution in [3.05, 3.63) is 17.7 Å². The van der Waals surface area contributed by atoms with Gasteiger partial charge in [-0.3, -0.25) is 4.79 Å². The molecule has 0 bridgehead atoms. The second kappa shape index (κ2) is 9.89. The molecule has 1 unspecified atom stereocenters. The van der Waals surface area contributed by atoms with Crippen molar-refractivity contribution in [2.24, 2.45) is 5.73 Å². The number of rotatable bonds is 3. The average molecular weight is 408 g/mol. The summed E-state index contributed by atoms with van der Waals surface area (Å²) in [5.41, 5.74) is 7.71. The summed E-state index contributed by atoms with van der Waals surface area (Å²) in [6.45, 7) is 4.75. The molecule has 20 heavy (non-hydrogen) atoms. The first-order chi connectivity index (χ1) is 8.27. The fourth-order valence-corrected chi connectivity index (χ4v) is 1.45. The molecular weight excluding hydrogens is 397 g/mol. The predicted octanol–water partition coefficient (Wildman–Crippen LogP) is -3.86. The van der Waals surface area contributed by atoms with Crippen LogP contribution in [0.1, 0.15) is 18.1 Å². The molecule has 1 aromatic rings. The summed E-state index contributed by atoms with van der Waals surface area (Å²) in [7, 11) is 23.1. The van der Waals surface area contributed by atoms with Gasteiger partial charge in [0, 0.05) is 73.3 Å². The molecule has 0 aromatic heterocycles. The zero-order valence-corrected chi connectivity index (χ0v) is 17.3. The van der Waals surface area contributed by atoms with Crippen molar-refractivity contribution in [1.29, 1.82) is 0 Å². The van der Waals surface area contributed by atoms with E-state index in [9.17, 15) is 4.79 Å². The van der Waals surface area contributed by atoms with Gasteiger partial charge in [-0.25, -0.2) is 0 Å². The maximum Gasteiger partial charge on any atom is 0.229 e. The monoisotopic (exact) mass is 409 g/mol. The van der Waals surface area contributed by atoms with Gasteiger partial charge >= 0.3 is 0 Å². The molecule has 0 saturated carbocycles. The first-order valence-electron chi connectivity index (χ1n) is 5.39. The summed E-state index contributed by atoms with van der Waals surface area (Å²) in [6.07, 6.45) is 0. The Morgan fingerprint density at radius 2 is 1.55 bits per heavy atom. The van der Waals surface area contributed by atoms with Gasteiger partial charge in [-0.2, -0.15) is 27.5 Å². The first-order valence-corrected chi connectivity index (χ1v) is 5.39. The molecule has 1 rings (SSSR count). The van der Waals surface area contributed by atoms with E-state index < -0.39 is 6.04 Å². The van der Waals surface area contributed by atoms with E-state index in [0.717, 1.165) is 0 Å². The third-order valence-electron chi connectivity index (χ3n) is 2.74. The van der Waals surface area contributed by atoms with Crippen LogP contribution in [-0.4, -0.2) is 43.3 Å². The molecule has 0 saturated heterocycles. The average Bonchev–Trinajstić information content (AvgIpc) is 2.33. The van der Waals surface area contributed by atoms with Crippen LogP contribution in [0.5, 0.6) is 0 Å². The molecule has 90 valence electrons. The van der Waals surface area contributed by atoms with Gasteiger partial charge in [0.2, 0.25) is 5.91 Å². The van der Waals surface area contributed by atoms with Crippen LogP contribution in [0.25, 0.3) is 0 Å². The van der Waals surface area contributed by atoms with Crippen molar-refractivity contribution in [1.82, 2.24) is 5.32 Å². The van der Waals surface area contributed by atoms with Crippen LogP contribution in [0.15, 0.2) is 0 Å². The number of carbonyl (C=O) groups is 1. The van der Waals surface area contributed by atoms with Gasteiger partial charge in [0.25, 0.3) is 0 Å². The van der Waals surface area contributed by atoms with E-state index in [2.05, 4.69) is 5.32 Å². The summed E-state index contributed by atoms with van der Waals surface area (Å²) < 4.78 is 0. The Morgan fingerprint density at radius 1 is 1.10 bits per heavy atom. The summed E-state index contributed by atoms with van der Waals surface area (Å²) in [6, 6.07) is -0.619. The number of hydrogen-bond acceptors (Lipinski definition) is 2. The minimum Gasteiger partial charge on any atom is -0.384 e. The maximum absolute atomic E-state index is 11.4. The van der Waals surface area contributed by atoms with E-state index in [1.54, 1.807) is 13.8 Å². The molecule has 1 aromatic carbocycles. The molecule has 3 N–H and O–H groups in total. The van der Waals surface area contributed by atoms with Gasteiger partial charge < -0.3 is 11.1 Å². The van der Waals surface area contributed by atoms with E-state index in [-0.39, 0.29) is 87.7 Å². The van der Waals surface area contributed by atoms with Crippen LogP contribution in [0.3, 0.4) is 0 Å². The molecular formula is C11H11B4N2OY2-. The largest absolute Gasteiger partial charge is 0.384 e. The number of carbonyl (C=O) groups excluding carboxylic acids is 1. The quantitative estimate of drug-likeness (QED) is 0.398. The van der Waals surface area contributed by atoms with Gasteiger partial charge in [0.05, 0.1) is 21.7 Å². The Labute approximate surface area is 176 Å². The molecule has 0 aliphatic rings. The van der Waals surface area contributed by atoms with Crippen molar-refractivity contribution < 1.29 is 70.2 Å². The van der Waals surface area contributed by atoms with Gasteiger partial charge in [-0.15, -0.1) is 5.46 Å². The molecule has 0 fully saturated rings. The third-order valence-corrected chi connectivity index (χ3v) is 2.74. The Kier molecular flexibility index (Phi) is 11.5. The second-order valence-corrected chi connectivity index (χ2v) is 4.13. The maximum atomic E-state index is 11.4. The normalized spacial score (nSPS) is 10.8. The number of nitrogens with two attached hydrogens (primary N) is 1. The van der Waals surface area contributed by atoms with E-state index >= 15 is 0 Å². The standard InChI is InChI=1S/C11H11B4N2O.2Y/c1-4-6(3-17-11(18)5(2)16)8(13)10(15)9(14)7(4)12;;/h3,5H,16H2,1-2H3,(H,17,18);;/q-1;;. The van der Waals surface area contributed by atoms with E-state index in [1.807, 2.05) is 0 Å². The minimum absolute atomic E-state index is 0. The molecule has 0 heterocycles. The predicted molar refractivity (Wildman–Crippen MR) is 77.9 cm³/mol. The molecule has 0 spiro atoms. The zero-order chi connectivity index (χ0) is 14.0. The number of nitrogens with one attached hydrogen (secondary N) is 1. The van der Waals surface area contributed by atoms with Gasteiger partial charge in [-0.1, -0.05) is 13.5 Å². The van der Waals surface area contributed by atoms with Crippen LogP contribution < -0.4 is 32.9 Å². The van der Waals surface area contributed by atoms with Crippen molar-refractivity contribution >= 4 is 59.1 Å². The van der Waals surface area contributed by atoms with E-state index in [1.165, 1.54) is 6.54 Å². The molecule has 0 aliphatic carbocycles. The van der Waals surface area contributed by atoms with Crippen LogP contribution in [0.4, 0.5) is 0 Å². The second-order valence-electron chi connectivity index (χ2n) is 4.13. The Hall–Kier alpha value is 0.988. The third kappa shape index (κ3) is 5.32. The Balaban J connectivity index is 0. The molecule has 0 aliphatic heterocycles. The Morgan fingerprint density at radius 3 is 2.00 bits per heavy atom. The van der Waals surface area contributed by atoms with Crippen LogP contribution in [-0.2, 0) is 70.2 Å². The number of hydrogen-bond donors (Lipinski definition) is 2. The fourth-order valence-electron chi connectivity index (χ4n) is 1.45. The SMILES string of the molecule is [B]c1c([B])c([B])c([CH-]NC(=O)C(C)N)c(C)c1[B].[Y].[Y]. The topological polar surface area (TPSA) is 55.1 Å². The summed E-state index contributed by atoms with van der Waals surface area (Å²) in [5.74, 6) is -0.331. The molecule has 1 amide bonds. The van der Waals surface area contributed by atoms with Gasteiger partial charge in [-0.05, 0) is 6.92 Å². The summed E-state index contributed by atoms with van der Waals surface area (Å²) in [5, 5.41) is 2.53. The van der Waals surface area contributed by atoms with Gasteiger partial charge in [0.15, 0.2) is 0 Å². The van der Waals surface area contributed by atoms with Crippen LogP contribution >= 0.6 is 0 Å². The molecule has 3 nitrogen and oxygen atoms in total. The van der Waals surface area contributed by atoms with Gasteiger partial charge in [0.1, 0.15) is 7.85 Å². The van der Waals surface area contributed by atoms with Crippen LogP contribution in [0, 0.1) is 13.5 Å². The smallest absolute Gasteiger partial charge is 0.229 e. The zero-order valence-electron chi connectivity index (χ0n) is 11.6. The fraction of sp³-hybridized carbons (Fsp3) is 0.273. The van der Waals surface area contributed by atoms with Crippen LogP contribution in [0.2, 0.25) is 0 Å². The summed E-state index contributed by atoms with van der Waals surface area (Å²) in [4.78, 5) is 11.4. The summed E-state index contributed by atoms with van der Waals surface area (Å²) >= 11 is 0. The van der Waals surface area contributed by atoms with Crippen molar-refractivity contribution in [3.8, 4) is 0 Å². The number of benzene rings is 1. The van der Waals surface area contributed by atoms with Crippen molar-refractivity contribution in [3.63, 3.8) is 0 Å². The molecule has 1 atom stereocenters. The molecule has 10 radical (unpaired) electrons. The van der Waals surface area contributed by atoms with Crippen molar-refractivity contribution in [2.45, 2.75) is 19.9 Å².